The second-order valence-electron chi connectivity index (χ2n) is 5.43. The lowest BCUT2D eigenvalue weighted by Gasteiger charge is -2.15. The summed E-state index contributed by atoms with van der Waals surface area (Å²) in [4.78, 5) is 12.2. The van der Waals surface area contributed by atoms with Crippen molar-refractivity contribution in [1.82, 2.24) is 5.32 Å². The predicted molar refractivity (Wildman–Crippen MR) is 91.1 cm³/mol. The Morgan fingerprint density at radius 2 is 1.71 bits per heavy atom. The summed E-state index contributed by atoms with van der Waals surface area (Å²) < 4.78 is 27.6. The zero-order chi connectivity index (χ0) is 17.7. The van der Waals surface area contributed by atoms with Crippen LogP contribution in [0.25, 0.3) is 0 Å². The van der Waals surface area contributed by atoms with Gasteiger partial charge in [-0.25, -0.2) is 13.6 Å². The molecule has 6 nitrogen and oxygen atoms in total. The molecule has 3 N–H and O–H groups in total. The minimum absolute atomic E-state index is 0.0445. The number of benzene rings is 2. The third-order valence-electron chi connectivity index (χ3n) is 3.61. The molecule has 2 aromatic rings. The minimum Gasteiger partial charge on any atom is -0.497 e. The van der Waals surface area contributed by atoms with Crippen molar-refractivity contribution in [3.05, 3.63) is 59.7 Å². The second kappa shape index (κ2) is 7.46. The summed E-state index contributed by atoms with van der Waals surface area (Å²) in [5.74, 6) is 0.616. The van der Waals surface area contributed by atoms with Crippen LogP contribution < -0.4 is 15.2 Å². The zero-order valence-electron chi connectivity index (χ0n) is 13.5. The largest absolute Gasteiger partial charge is 0.497 e. The van der Waals surface area contributed by atoms with Crippen LogP contribution in [0.5, 0.6) is 5.75 Å². The Morgan fingerprint density at radius 3 is 2.21 bits per heavy atom. The summed E-state index contributed by atoms with van der Waals surface area (Å²) in [6.07, 6.45) is 0.254. The molecule has 0 aliphatic carbocycles. The highest BCUT2D eigenvalue weighted by molar-refractivity contribution is 7.89. The van der Waals surface area contributed by atoms with Crippen LogP contribution in [0.2, 0.25) is 0 Å². The number of amides is 1. The van der Waals surface area contributed by atoms with E-state index < -0.39 is 10.0 Å². The SMILES string of the molecule is COc1ccc(CC(=O)NC(C)c2ccc(S(N)(=O)=O)cc2)cc1. The monoisotopic (exact) mass is 348 g/mol. The van der Waals surface area contributed by atoms with E-state index in [2.05, 4.69) is 5.32 Å². The van der Waals surface area contributed by atoms with Gasteiger partial charge in [-0.15, -0.1) is 0 Å². The van der Waals surface area contributed by atoms with Gasteiger partial charge < -0.3 is 10.1 Å². The van der Waals surface area contributed by atoms with Crippen LogP contribution in [0.15, 0.2) is 53.4 Å². The Hall–Kier alpha value is -2.38. The number of carbonyl (C=O) groups is 1. The van der Waals surface area contributed by atoms with Crippen LogP contribution in [-0.4, -0.2) is 21.4 Å². The van der Waals surface area contributed by atoms with E-state index in [1.54, 1.807) is 31.4 Å². The first-order valence-corrected chi connectivity index (χ1v) is 8.89. The number of carbonyl (C=O) groups excluding carboxylic acids is 1. The molecule has 0 fully saturated rings. The maximum Gasteiger partial charge on any atom is 0.238 e. The fourth-order valence-corrected chi connectivity index (χ4v) is 2.77. The van der Waals surface area contributed by atoms with Gasteiger partial charge in [-0.2, -0.15) is 0 Å². The van der Waals surface area contributed by atoms with Gasteiger partial charge in [0.2, 0.25) is 15.9 Å². The predicted octanol–water partition coefficient (Wildman–Crippen LogP) is 1.76. The van der Waals surface area contributed by atoms with Gasteiger partial charge in [-0.1, -0.05) is 24.3 Å². The lowest BCUT2D eigenvalue weighted by Crippen LogP contribution is -2.28. The molecule has 0 bridgehead atoms. The van der Waals surface area contributed by atoms with Crippen LogP contribution in [0, 0.1) is 0 Å². The van der Waals surface area contributed by atoms with Crippen molar-refractivity contribution in [2.45, 2.75) is 24.3 Å². The molecule has 0 radical (unpaired) electrons. The van der Waals surface area contributed by atoms with E-state index in [9.17, 15) is 13.2 Å². The van der Waals surface area contributed by atoms with Crippen LogP contribution in [0.4, 0.5) is 0 Å². The highest BCUT2D eigenvalue weighted by Gasteiger charge is 2.12. The van der Waals surface area contributed by atoms with Gasteiger partial charge in [0.25, 0.3) is 0 Å². The first-order valence-electron chi connectivity index (χ1n) is 7.34. The van der Waals surface area contributed by atoms with E-state index in [0.717, 1.165) is 16.9 Å². The molecule has 0 saturated heterocycles. The molecule has 0 aliphatic heterocycles. The highest BCUT2D eigenvalue weighted by Crippen LogP contribution is 2.16. The third kappa shape index (κ3) is 4.81. The van der Waals surface area contributed by atoms with Crippen molar-refractivity contribution in [2.24, 2.45) is 5.14 Å². The van der Waals surface area contributed by atoms with Gasteiger partial charge in [-0.3, -0.25) is 4.79 Å². The van der Waals surface area contributed by atoms with E-state index in [1.165, 1.54) is 12.1 Å². The van der Waals surface area contributed by atoms with Crippen molar-refractivity contribution < 1.29 is 17.9 Å². The molecule has 0 saturated carbocycles. The molecule has 0 heterocycles. The number of hydrogen-bond donors (Lipinski definition) is 2. The first-order chi connectivity index (χ1) is 11.3. The van der Waals surface area contributed by atoms with Gasteiger partial charge in [-0.05, 0) is 42.3 Å². The maximum absolute atomic E-state index is 12.1. The number of methoxy groups -OCH3 is 1. The third-order valence-corrected chi connectivity index (χ3v) is 4.54. The normalized spacial score (nSPS) is 12.5. The summed E-state index contributed by atoms with van der Waals surface area (Å²) in [5.41, 5.74) is 1.68. The lowest BCUT2D eigenvalue weighted by atomic mass is 10.1. The Labute approximate surface area is 141 Å². The maximum atomic E-state index is 12.1. The van der Waals surface area contributed by atoms with Crippen molar-refractivity contribution in [2.75, 3.05) is 7.11 Å². The van der Waals surface area contributed by atoms with Crippen LogP contribution in [0.1, 0.15) is 24.1 Å². The molecular weight excluding hydrogens is 328 g/mol. The van der Waals surface area contributed by atoms with Crippen LogP contribution in [-0.2, 0) is 21.2 Å². The van der Waals surface area contributed by atoms with E-state index >= 15 is 0 Å². The van der Waals surface area contributed by atoms with Gasteiger partial charge >= 0.3 is 0 Å². The van der Waals surface area contributed by atoms with Gasteiger partial charge in [0, 0.05) is 0 Å². The van der Waals surface area contributed by atoms with Crippen molar-refractivity contribution in [3.8, 4) is 5.75 Å². The number of ether oxygens (including phenoxy) is 1. The average molecular weight is 348 g/mol. The average Bonchev–Trinajstić information content (AvgIpc) is 2.54. The molecule has 0 aromatic heterocycles. The Balaban J connectivity index is 1.97. The van der Waals surface area contributed by atoms with Crippen molar-refractivity contribution in [1.29, 1.82) is 0 Å². The molecule has 1 unspecified atom stereocenters. The number of primary sulfonamides is 1. The Kier molecular flexibility index (Phi) is 5.58. The van der Waals surface area contributed by atoms with Crippen molar-refractivity contribution in [3.63, 3.8) is 0 Å². The van der Waals surface area contributed by atoms with E-state index in [4.69, 9.17) is 9.88 Å². The number of rotatable bonds is 6. The molecule has 0 spiro atoms. The zero-order valence-corrected chi connectivity index (χ0v) is 14.3. The second-order valence-corrected chi connectivity index (χ2v) is 6.99. The topological polar surface area (TPSA) is 98.5 Å². The summed E-state index contributed by atoms with van der Waals surface area (Å²) in [6.45, 7) is 1.83. The highest BCUT2D eigenvalue weighted by atomic mass is 32.2. The summed E-state index contributed by atoms with van der Waals surface area (Å²) in [6, 6.07) is 13.2. The quantitative estimate of drug-likeness (QED) is 0.831. The van der Waals surface area contributed by atoms with E-state index in [0.29, 0.717) is 0 Å². The number of sulfonamides is 1. The fraction of sp³-hybridized carbons (Fsp3) is 0.235. The number of nitrogens with one attached hydrogen (secondary N) is 1. The molecule has 2 aromatic carbocycles. The molecule has 24 heavy (non-hydrogen) atoms. The van der Waals surface area contributed by atoms with Gasteiger partial charge in [0.05, 0.1) is 24.5 Å². The van der Waals surface area contributed by atoms with Crippen molar-refractivity contribution >= 4 is 15.9 Å². The summed E-state index contributed by atoms with van der Waals surface area (Å²) >= 11 is 0. The molecule has 1 atom stereocenters. The van der Waals surface area contributed by atoms with E-state index in [-0.39, 0.29) is 23.3 Å². The molecule has 0 aliphatic rings. The first kappa shape index (κ1) is 18.0. The molecule has 1 amide bonds. The minimum atomic E-state index is -3.71. The van der Waals surface area contributed by atoms with Crippen LogP contribution in [0.3, 0.4) is 0 Å². The summed E-state index contributed by atoms with van der Waals surface area (Å²) in [7, 11) is -2.12. The lowest BCUT2D eigenvalue weighted by molar-refractivity contribution is -0.121. The summed E-state index contributed by atoms with van der Waals surface area (Å²) in [5, 5.41) is 7.94. The molecule has 2 rings (SSSR count). The number of nitrogens with two attached hydrogens (primary N) is 1. The number of hydrogen-bond acceptors (Lipinski definition) is 4. The Bertz CT molecular complexity index is 799. The molecule has 7 heteroatoms. The van der Waals surface area contributed by atoms with Gasteiger partial charge in [0.1, 0.15) is 5.75 Å². The molecular formula is C17H20N2O4S. The Morgan fingerprint density at radius 1 is 1.12 bits per heavy atom. The van der Waals surface area contributed by atoms with E-state index in [1.807, 2.05) is 19.1 Å². The molecule has 128 valence electrons. The fourth-order valence-electron chi connectivity index (χ4n) is 2.25. The van der Waals surface area contributed by atoms with Crippen LogP contribution >= 0.6 is 0 Å². The standard InChI is InChI=1S/C17H20N2O4S/c1-12(14-5-9-16(10-6-14)24(18,21)22)19-17(20)11-13-3-7-15(23-2)8-4-13/h3-10,12H,11H2,1-2H3,(H,19,20)(H2,18,21,22). The smallest absolute Gasteiger partial charge is 0.238 e. The van der Waals surface area contributed by atoms with Gasteiger partial charge in [0.15, 0.2) is 0 Å².